The SMILES string of the molecule is COc1cc(F)c([C@@H]2CN(c3cc(C#N)cn(C)c3=O)C(=O)[C@H]2NC(=O)c2ccc(Cl)cc2)c(F)c1. The summed E-state index contributed by atoms with van der Waals surface area (Å²) in [6, 6.07) is 9.49. The van der Waals surface area contributed by atoms with Gasteiger partial charge in [-0.15, -0.1) is 0 Å². The Morgan fingerprint density at radius 3 is 2.39 bits per heavy atom. The van der Waals surface area contributed by atoms with Gasteiger partial charge in [0.15, 0.2) is 0 Å². The van der Waals surface area contributed by atoms with Crippen molar-refractivity contribution in [2.45, 2.75) is 12.0 Å². The molecular formula is C25H19ClF2N4O4. The first-order valence-corrected chi connectivity index (χ1v) is 11.0. The molecule has 0 saturated carbocycles. The Hall–Kier alpha value is -4.23. The van der Waals surface area contributed by atoms with Crippen LogP contribution in [0.5, 0.6) is 5.75 Å². The number of carbonyl (C=O) groups is 2. The Labute approximate surface area is 209 Å². The molecule has 0 unspecified atom stereocenters. The van der Waals surface area contributed by atoms with Crippen molar-refractivity contribution in [2.75, 3.05) is 18.6 Å². The zero-order chi connectivity index (χ0) is 26.1. The Morgan fingerprint density at radius 1 is 1.17 bits per heavy atom. The fourth-order valence-electron chi connectivity index (χ4n) is 4.18. The number of hydrogen-bond acceptors (Lipinski definition) is 5. The number of rotatable bonds is 5. The van der Waals surface area contributed by atoms with Crippen LogP contribution in [0.15, 0.2) is 53.5 Å². The molecule has 8 nitrogen and oxygen atoms in total. The third-order valence-corrected chi connectivity index (χ3v) is 6.20. The average molecular weight is 513 g/mol. The van der Waals surface area contributed by atoms with Crippen molar-refractivity contribution < 1.29 is 23.1 Å². The number of benzene rings is 2. The molecule has 1 aromatic heterocycles. The van der Waals surface area contributed by atoms with Crippen LogP contribution in [0.3, 0.4) is 0 Å². The monoisotopic (exact) mass is 512 g/mol. The Morgan fingerprint density at radius 2 is 1.81 bits per heavy atom. The zero-order valence-corrected chi connectivity index (χ0v) is 19.8. The molecule has 1 saturated heterocycles. The Kier molecular flexibility index (Phi) is 6.77. The molecule has 0 bridgehead atoms. The van der Waals surface area contributed by atoms with Crippen molar-refractivity contribution in [3.05, 3.63) is 92.4 Å². The normalized spacial score (nSPS) is 17.1. The van der Waals surface area contributed by atoms with Gasteiger partial charge in [-0.05, 0) is 30.3 Å². The molecule has 0 aliphatic carbocycles. The molecule has 0 spiro atoms. The number of ether oxygens (including phenoxy) is 1. The van der Waals surface area contributed by atoms with E-state index in [-0.39, 0.29) is 29.1 Å². The van der Waals surface area contributed by atoms with Crippen LogP contribution < -0.4 is 20.5 Å². The lowest BCUT2D eigenvalue weighted by Crippen LogP contribution is -2.44. The van der Waals surface area contributed by atoms with Crippen molar-refractivity contribution in [3.63, 3.8) is 0 Å². The molecule has 2 atom stereocenters. The first-order valence-electron chi connectivity index (χ1n) is 10.7. The maximum atomic E-state index is 15.1. The summed E-state index contributed by atoms with van der Waals surface area (Å²) < 4.78 is 36.2. The highest BCUT2D eigenvalue weighted by Crippen LogP contribution is 2.36. The largest absolute Gasteiger partial charge is 0.497 e. The van der Waals surface area contributed by atoms with E-state index in [9.17, 15) is 19.6 Å². The van der Waals surface area contributed by atoms with Crippen LogP contribution in [-0.4, -0.2) is 36.1 Å². The smallest absolute Gasteiger partial charge is 0.274 e. The molecule has 184 valence electrons. The minimum atomic E-state index is -1.42. The van der Waals surface area contributed by atoms with Gasteiger partial charge in [-0.3, -0.25) is 14.4 Å². The molecule has 2 amide bonds. The first-order chi connectivity index (χ1) is 17.1. The van der Waals surface area contributed by atoms with Crippen LogP contribution in [0.1, 0.15) is 27.4 Å². The van der Waals surface area contributed by atoms with Crippen LogP contribution in [0.2, 0.25) is 5.02 Å². The van der Waals surface area contributed by atoms with Gasteiger partial charge in [0.1, 0.15) is 35.2 Å². The Bertz CT molecular complexity index is 1440. The quantitative estimate of drug-likeness (QED) is 0.565. The molecule has 1 N–H and O–H groups in total. The van der Waals surface area contributed by atoms with E-state index in [0.29, 0.717) is 5.02 Å². The molecular weight excluding hydrogens is 494 g/mol. The fourth-order valence-corrected chi connectivity index (χ4v) is 4.30. The van der Waals surface area contributed by atoms with Crippen molar-refractivity contribution >= 4 is 29.1 Å². The molecule has 2 heterocycles. The Balaban J connectivity index is 1.81. The van der Waals surface area contributed by atoms with Crippen molar-refractivity contribution in [1.29, 1.82) is 5.26 Å². The summed E-state index contributed by atoms with van der Waals surface area (Å²) in [4.78, 5) is 40.3. The van der Waals surface area contributed by atoms with Gasteiger partial charge in [0.05, 0.1) is 12.7 Å². The lowest BCUT2D eigenvalue weighted by Gasteiger charge is -2.20. The van der Waals surface area contributed by atoms with Crippen LogP contribution in [0, 0.1) is 23.0 Å². The predicted octanol–water partition coefficient (Wildman–Crippen LogP) is 3.13. The molecule has 0 radical (unpaired) electrons. The number of nitrogens with zero attached hydrogens (tertiary/aromatic N) is 3. The third kappa shape index (κ3) is 4.53. The molecule has 1 aliphatic heterocycles. The number of amides is 2. The lowest BCUT2D eigenvalue weighted by atomic mass is 9.92. The number of anilines is 1. The number of aromatic nitrogens is 1. The minimum Gasteiger partial charge on any atom is -0.497 e. The van der Waals surface area contributed by atoms with Gasteiger partial charge in [0.25, 0.3) is 11.5 Å². The standard InChI is InChI=1S/C25H19ClF2N4O4/c1-31-11-13(10-29)7-20(24(31)34)32-12-17(21-18(27)8-16(36-2)9-19(21)28)22(25(32)35)30-23(33)14-3-5-15(26)6-4-14/h3-9,11,17,22H,12H2,1-2H3,(H,30,33)/t17-,22-/m0/s1. The maximum absolute atomic E-state index is 15.1. The predicted molar refractivity (Wildman–Crippen MR) is 127 cm³/mol. The van der Waals surface area contributed by atoms with E-state index in [1.807, 2.05) is 6.07 Å². The zero-order valence-electron chi connectivity index (χ0n) is 19.1. The highest BCUT2D eigenvalue weighted by molar-refractivity contribution is 6.30. The van der Waals surface area contributed by atoms with Crippen molar-refractivity contribution in [2.24, 2.45) is 7.05 Å². The third-order valence-electron chi connectivity index (χ3n) is 5.95. The summed E-state index contributed by atoms with van der Waals surface area (Å²) in [6.07, 6.45) is 1.30. The van der Waals surface area contributed by atoms with E-state index < -0.39 is 46.5 Å². The van der Waals surface area contributed by atoms with Crippen molar-refractivity contribution in [3.8, 4) is 11.8 Å². The average Bonchev–Trinajstić information content (AvgIpc) is 3.15. The van der Waals surface area contributed by atoms with Gasteiger partial charge in [0.2, 0.25) is 5.91 Å². The number of methoxy groups -OCH3 is 1. The minimum absolute atomic E-state index is 0.0627. The topological polar surface area (TPSA) is 104 Å². The summed E-state index contributed by atoms with van der Waals surface area (Å²) >= 11 is 5.87. The van der Waals surface area contributed by atoms with E-state index >= 15 is 8.78 Å². The molecule has 4 rings (SSSR count). The summed E-state index contributed by atoms with van der Waals surface area (Å²) in [5.74, 6) is -4.65. The van der Waals surface area contributed by atoms with Gasteiger partial charge in [0, 0.05) is 54.0 Å². The number of aryl methyl sites for hydroxylation is 1. The van der Waals surface area contributed by atoms with Crippen LogP contribution in [0.25, 0.3) is 0 Å². The van der Waals surface area contributed by atoms with E-state index in [0.717, 1.165) is 21.6 Å². The van der Waals surface area contributed by atoms with Gasteiger partial charge >= 0.3 is 0 Å². The first kappa shape index (κ1) is 24.9. The van der Waals surface area contributed by atoms with E-state index in [4.69, 9.17) is 16.3 Å². The van der Waals surface area contributed by atoms with Crippen molar-refractivity contribution in [1.82, 2.24) is 9.88 Å². The summed E-state index contributed by atoms with van der Waals surface area (Å²) in [5.41, 5.74) is -0.915. The van der Waals surface area contributed by atoms with Crippen LogP contribution in [-0.2, 0) is 11.8 Å². The number of hydrogen-bond donors (Lipinski definition) is 1. The maximum Gasteiger partial charge on any atom is 0.274 e. The molecule has 1 aliphatic rings. The van der Waals surface area contributed by atoms with Gasteiger partial charge in [-0.25, -0.2) is 8.78 Å². The number of nitriles is 1. The van der Waals surface area contributed by atoms with E-state index in [1.165, 1.54) is 50.7 Å². The van der Waals surface area contributed by atoms with E-state index in [2.05, 4.69) is 5.32 Å². The number of carbonyl (C=O) groups excluding carboxylic acids is 2. The van der Waals surface area contributed by atoms with Crippen LogP contribution in [0.4, 0.5) is 14.5 Å². The van der Waals surface area contributed by atoms with Gasteiger partial charge in [-0.1, -0.05) is 11.6 Å². The second-order valence-corrected chi connectivity index (χ2v) is 8.60. The molecule has 11 heteroatoms. The molecule has 3 aromatic rings. The highest BCUT2D eigenvalue weighted by Gasteiger charge is 2.46. The summed E-state index contributed by atoms with van der Waals surface area (Å²) in [7, 11) is 2.66. The van der Waals surface area contributed by atoms with Gasteiger partial charge in [-0.2, -0.15) is 5.26 Å². The molecule has 2 aromatic carbocycles. The number of halogens is 3. The van der Waals surface area contributed by atoms with E-state index in [1.54, 1.807) is 0 Å². The summed E-state index contributed by atoms with van der Waals surface area (Å²) in [5, 5.41) is 12.2. The fraction of sp³-hybridized carbons (Fsp3) is 0.200. The molecule has 1 fully saturated rings. The van der Waals surface area contributed by atoms with Gasteiger partial charge < -0.3 is 19.5 Å². The number of pyridine rings is 1. The lowest BCUT2D eigenvalue weighted by molar-refractivity contribution is -0.118. The highest BCUT2D eigenvalue weighted by atomic mass is 35.5. The molecule has 36 heavy (non-hydrogen) atoms. The second kappa shape index (κ2) is 9.79. The second-order valence-electron chi connectivity index (χ2n) is 8.16. The summed E-state index contributed by atoms with van der Waals surface area (Å²) in [6.45, 7) is -0.325. The number of nitrogens with one attached hydrogen (secondary N) is 1. The van der Waals surface area contributed by atoms with Crippen LogP contribution >= 0.6 is 11.6 Å².